The number of unbranched alkanes of at least 4 members (excludes halogenated alkanes) is 6. The van der Waals surface area contributed by atoms with Gasteiger partial charge in [0.1, 0.15) is 12.3 Å². The molecule has 0 aliphatic carbocycles. The Morgan fingerprint density at radius 1 is 0.583 bits per heavy atom. The Morgan fingerprint density at radius 3 is 1.58 bits per heavy atom. The predicted octanol–water partition coefficient (Wildman–Crippen LogP) is 4.24. The quantitative estimate of drug-likeness (QED) is 0.524. The molecule has 24 heavy (non-hydrogen) atoms. The monoisotopic (exact) mass is 334 g/mol. The SMILES string of the molecule is CCCCCCCCN1C=CN(C)C1C1N(C)C=CN1CCCC. The molecule has 0 fully saturated rings. The van der Waals surface area contributed by atoms with Gasteiger partial charge >= 0.3 is 0 Å². The van der Waals surface area contributed by atoms with Crippen LogP contribution in [0.25, 0.3) is 0 Å². The van der Waals surface area contributed by atoms with E-state index in [9.17, 15) is 0 Å². The lowest BCUT2D eigenvalue weighted by atomic mass is 10.1. The number of likely N-dealkylation sites (N-methyl/N-ethyl adjacent to an activating group) is 2. The molecule has 2 aliphatic rings. The van der Waals surface area contributed by atoms with Crippen molar-refractivity contribution >= 4 is 0 Å². The summed E-state index contributed by atoms with van der Waals surface area (Å²) in [6.45, 7) is 6.87. The fraction of sp³-hybridized carbons (Fsp3) is 0.800. The van der Waals surface area contributed by atoms with E-state index in [1.54, 1.807) is 0 Å². The normalized spacial score (nSPS) is 23.2. The van der Waals surface area contributed by atoms with Crippen LogP contribution in [0.3, 0.4) is 0 Å². The van der Waals surface area contributed by atoms with Crippen molar-refractivity contribution in [3.05, 3.63) is 24.8 Å². The standard InChI is InChI=1S/C20H38N4/c1-5-7-9-10-11-12-14-24-18-16-22(4)20(24)19-21(3)15-17-23(19)13-8-6-2/h15-20H,5-14H2,1-4H3. The van der Waals surface area contributed by atoms with Crippen LogP contribution in [0.2, 0.25) is 0 Å². The topological polar surface area (TPSA) is 13.0 Å². The minimum Gasteiger partial charge on any atom is -0.356 e. The highest BCUT2D eigenvalue weighted by Gasteiger charge is 2.38. The summed E-state index contributed by atoms with van der Waals surface area (Å²) in [5.74, 6) is 0. The third-order valence-corrected chi connectivity index (χ3v) is 5.31. The van der Waals surface area contributed by atoms with Crippen molar-refractivity contribution in [3.8, 4) is 0 Å². The van der Waals surface area contributed by atoms with Gasteiger partial charge in [-0.05, 0) is 12.8 Å². The Balaban J connectivity index is 1.86. The van der Waals surface area contributed by atoms with Crippen LogP contribution in [0.15, 0.2) is 24.8 Å². The first kappa shape index (κ1) is 19.0. The second kappa shape index (κ2) is 9.85. The van der Waals surface area contributed by atoms with Gasteiger partial charge in [0.15, 0.2) is 0 Å². The van der Waals surface area contributed by atoms with Gasteiger partial charge in [0, 0.05) is 52.0 Å². The van der Waals surface area contributed by atoms with Crippen LogP contribution in [0.1, 0.15) is 65.2 Å². The van der Waals surface area contributed by atoms with Crippen LogP contribution in [-0.2, 0) is 0 Å². The first-order valence-corrected chi connectivity index (χ1v) is 10.0. The van der Waals surface area contributed by atoms with Gasteiger partial charge in [0.2, 0.25) is 0 Å². The van der Waals surface area contributed by atoms with E-state index in [0.29, 0.717) is 12.3 Å². The highest BCUT2D eigenvalue weighted by molar-refractivity contribution is 5.06. The van der Waals surface area contributed by atoms with Crippen LogP contribution in [-0.4, -0.2) is 59.1 Å². The van der Waals surface area contributed by atoms with Gasteiger partial charge in [0.25, 0.3) is 0 Å². The molecule has 2 heterocycles. The highest BCUT2D eigenvalue weighted by atomic mass is 15.5. The van der Waals surface area contributed by atoms with Crippen molar-refractivity contribution in [2.45, 2.75) is 77.5 Å². The molecule has 4 nitrogen and oxygen atoms in total. The van der Waals surface area contributed by atoms with E-state index in [4.69, 9.17) is 0 Å². The van der Waals surface area contributed by atoms with Gasteiger partial charge in [-0.1, -0.05) is 52.4 Å². The van der Waals surface area contributed by atoms with Crippen molar-refractivity contribution in [3.63, 3.8) is 0 Å². The summed E-state index contributed by atoms with van der Waals surface area (Å²) >= 11 is 0. The van der Waals surface area contributed by atoms with E-state index in [0.717, 1.165) is 6.54 Å². The molecule has 138 valence electrons. The highest BCUT2D eigenvalue weighted by Crippen LogP contribution is 2.27. The maximum absolute atomic E-state index is 2.55. The third kappa shape index (κ3) is 4.84. The van der Waals surface area contributed by atoms with Crippen molar-refractivity contribution < 1.29 is 0 Å². The molecule has 0 aromatic carbocycles. The Hall–Kier alpha value is -1.32. The number of hydrogen-bond acceptors (Lipinski definition) is 4. The average molecular weight is 335 g/mol. The lowest BCUT2D eigenvalue weighted by Gasteiger charge is -2.42. The molecule has 0 amide bonds. The molecular weight excluding hydrogens is 296 g/mol. The van der Waals surface area contributed by atoms with E-state index >= 15 is 0 Å². The number of nitrogens with zero attached hydrogens (tertiary/aromatic N) is 4. The van der Waals surface area contributed by atoms with Crippen molar-refractivity contribution in [2.75, 3.05) is 27.2 Å². The van der Waals surface area contributed by atoms with E-state index in [-0.39, 0.29) is 0 Å². The molecule has 2 unspecified atom stereocenters. The summed E-state index contributed by atoms with van der Waals surface area (Å²) in [7, 11) is 4.43. The smallest absolute Gasteiger partial charge is 0.141 e. The van der Waals surface area contributed by atoms with Gasteiger partial charge in [-0.3, -0.25) is 0 Å². The Morgan fingerprint density at radius 2 is 1.04 bits per heavy atom. The Kier molecular flexibility index (Phi) is 7.80. The second-order valence-corrected chi connectivity index (χ2v) is 7.35. The third-order valence-electron chi connectivity index (χ3n) is 5.31. The predicted molar refractivity (Wildman–Crippen MR) is 103 cm³/mol. The fourth-order valence-corrected chi connectivity index (χ4v) is 3.79. The number of rotatable bonds is 11. The lowest BCUT2D eigenvalue weighted by Crippen LogP contribution is -2.56. The average Bonchev–Trinajstić information content (AvgIpc) is 3.11. The molecule has 2 rings (SSSR count). The minimum absolute atomic E-state index is 0.414. The van der Waals surface area contributed by atoms with Crippen molar-refractivity contribution in [1.82, 2.24) is 19.6 Å². The summed E-state index contributed by atoms with van der Waals surface area (Å²) < 4.78 is 0. The van der Waals surface area contributed by atoms with Crippen molar-refractivity contribution in [1.29, 1.82) is 0 Å². The molecule has 0 N–H and O–H groups in total. The molecule has 0 aromatic rings. The molecule has 0 bridgehead atoms. The summed E-state index contributed by atoms with van der Waals surface area (Å²) in [5.41, 5.74) is 0. The van der Waals surface area contributed by atoms with Gasteiger partial charge in [-0.15, -0.1) is 0 Å². The molecule has 4 heteroatoms. The first-order valence-electron chi connectivity index (χ1n) is 10.0. The zero-order valence-electron chi connectivity index (χ0n) is 16.3. The van der Waals surface area contributed by atoms with E-state index in [1.165, 1.54) is 57.9 Å². The van der Waals surface area contributed by atoms with Gasteiger partial charge in [0.05, 0.1) is 0 Å². The molecule has 0 saturated carbocycles. The van der Waals surface area contributed by atoms with Gasteiger partial charge < -0.3 is 19.6 Å². The summed E-state index contributed by atoms with van der Waals surface area (Å²) in [6, 6.07) is 0. The molecule has 0 radical (unpaired) electrons. The van der Waals surface area contributed by atoms with Crippen LogP contribution >= 0.6 is 0 Å². The fourth-order valence-electron chi connectivity index (χ4n) is 3.79. The zero-order chi connectivity index (χ0) is 17.4. The Labute approximate surface area is 149 Å². The summed E-state index contributed by atoms with van der Waals surface area (Å²) in [5, 5.41) is 0. The maximum atomic E-state index is 2.55. The van der Waals surface area contributed by atoms with Crippen molar-refractivity contribution in [2.24, 2.45) is 0 Å². The maximum Gasteiger partial charge on any atom is 0.141 e. The lowest BCUT2D eigenvalue weighted by molar-refractivity contribution is 0.0229. The summed E-state index contributed by atoms with van der Waals surface area (Å²) in [6.07, 6.45) is 20.5. The van der Waals surface area contributed by atoms with Crippen LogP contribution in [0.4, 0.5) is 0 Å². The molecule has 2 atom stereocenters. The second-order valence-electron chi connectivity index (χ2n) is 7.35. The first-order chi connectivity index (χ1) is 11.7. The van der Waals surface area contributed by atoms with Crippen LogP contribution < -0.4 is 0 Å². The van der Waals surface area contributed by atoms with E-state index in [1.807, 2.05) is 0 Å². The molecule has 0 saturated heterocycles. The zero-order valence-corrected chi connectivity index (χ0v) is 16.3. The molecule has 0 spiro atoms. The van der Waals surface area contributed by atoms with Gasteiger partial charge in [-0.2, -0.15) is 0 Å². The Bertz CT molecular complexity index is 406. The van der Waals surface area contributed by atoms with Gasteiger partial charge in [-0.25, -0.2) is 0 Å². The molecular formula is C20H38N4. The minimum atomic E-state index is 0.414. The largest absolute Gasteiger partial charge is 0.356 e. The van der Waals surface area contributed by atoms with E-state index in [2.05, 4.69) is 72.3 Å². The number of hydrogen-bond donors (Lipinski definition) is 0. The van der Waals surface area contributed by atoms with Crippen LogP contribution in [0, 0.1) is 0 Å². The summed E-state index contributed by atoms with van der Waals surface area (Å²) in [4.78, 5) is 9.82. The van der Waals surface area contributed by atoms with Crippen LogP contribution in [0.5, 0.6) is 0 Å². The van der Waals surface area contributed by atoms with E-state index < -0.39 is 0 Å². The molecule has 0 aromatic heterocycles. The molecule has 2 aliphatic heterocycles.